The predicted molar refractivity (Wildman–Crippen MR) is 127 cm³/mol. The number of hydrogen-bond donors (Lipinski definition) is 1. The van der Waals surface area contributed by atoms with Crippen molar-refractivity contribution in [3.05, 3.63) is 81.6 Å². The first-order chi connectivity index (χ1) is 17.0. The van der Waals surface area contributed by atoms with Crippen molar-refractivity contribution < 1.29 is 27.5 Å². The van der Waals surface area contributed by atoms with Crippen molar-refractivity contribution in [3.63, 3.8) is 0 Å². The van der Waals surface area contributed by atoms with Crippen LogP contribution in [0.2, 0.25) is 0 Å². The molecule has 5 rings (SSSR count). The van der Waals surface area contributed by atoms with E-state index in [4.69, 9.17) is 0 Å². The highest BCUT2D eigenvalue weighted by molar-refractivity contribution is 7.99. The van der Waals surface area contributed by atoms with E-state index >= 15 is 0 Å². The number of carbonyl (C=O) groups excluding carboxylic acids is 1. The van der Waals surface area contributed by atoms with Gasteiger partial charge in [0.25, 0.3) is 5.91 Å². The van der Waals surface area contributed by atoms with Gasteiger partial charge >= 0.3 is 6.18 Å². The lowest BCUT2D eigenvalue weighted by molar-refractivity contribution is -0.173. The topological polar surface area (TPSA) is 65.8 Å². The first-order valence-electron chi connectivity index (χ1n) is 11.4. The lowest BCUT2D eigenvalue weighted by Gasteiger charge is -2.48. The van der Waals surface area contributed by atoms with Crippen LogP contribution in [0.1, 0.15) is 34.6 Å². The average Bonchev–Trinajstić information content (AvgIpc) is 2.98. The minimum atomic E-state index is -4.73. The highest BCUT2D eigenvalue weighted by Gasteiger charge is 2.48. The van der Waals surface area contributed by atoms with Crippen molar-refractivity contribution in [3.8, 4) is 5.75 Å². The molecule has 4 atom stereocenters. The third-order valence-corrected chi connectivity index (χ3v) is 8.44. The lowest BCUT2D eigenvalue weighted by atomic mass is 9.80. The summed E-state index contributed by atoms with van der Waals surface area (Å²) >= 11 is 1.55. The SMILES string of the molecule is Cc1cccc2c1SCC1C=C(F)C=CC1[C@@H]2N1CN([C@H](C)C(F)(F)F)C(=O)c2c(O)c(=O)ccn21. The zero-order chi connectivity index (χ0) is 25.9. The van der Waals surface area contributed by atoms with Gasteiger partial charge in [0.2, 0.25) is 5.43 Å². The van der Waals surface area contributed by atoms with Crippen LogP contribution in [0.15, 0.2) is 64.2 Å². The van der Waals surface area contributed by atoms with Crippen LogP contribution in [-0.4, -0.2) is 45.2 Å². The summed E-state index contributed by atoms with van der Waals surface area (Å²) in [5.74, 6) is -2.48. The number of fused-ring (bicyclic) bond motifs is 3. The second-order valence-electron chi connectivity index (χ2n) is 9.20. The first-order valence-corrected chi connectivity index (χ1v) is 12.3. The smallest absolute Gasteiger partial charge is 0.408 e. The standard InChI is InChI=1S/C25H23F4N3O3S/c1-13-4-3-5-18-20(17-7-6-16(26)10-15(17)11-36-23(13)18)32-12-30(14(2)25(27,28)29)24(35)21-22(34)19(33)8-9-31(21)32/h3-10,14-15,17,20,34H,11-12H2,1-2H3/t14-,15?,17?,20+/m1/s1. The zero-order valence-corrected chi connectivity index (χ0v) is 20.2. The van der Waals surface area contributed by atoms with Gasteiger partial charge in [0.05, 0.1) is 6.04 Å². The molecule has 36 heavy (non-hydrogen) atoms. The molecule has 6 nitrogen and oxygen atoms in total. The van der Waals surface area contributed by atoms with Gasteiger partial charge in [-0.3, -0.25) is 19.3 Å². The summed E-state index contributed by atoms with van der Waals surface area (Å²) in [4.78, 5) is 27.0. The van der Waals surface area contributed by atoms with Gasteiger partial charge in [0.1, 0.15) is 18.5 Å². The molecule has 0 spiro atoms. The fourth-order valence-corrected chi connectivity index (χ4v) is 6.45. The van der Waals surface area contributed by atoms with Gasteiger partial charge in [-0.15, -0.1) is 11.8 Å². The first kappa shape index (κ1) is 24.5. The fraction of sp³-hybridized carbons (Fsp3) is 0.360. The number of benzene rings is 1. The minimum Gasteiger partial charge on any atom is -0.502 e. The molecule has 11 heteroatoms. The van der Waals surface area contributed by atoms with Crippen LogP contribution in [0.25, 0.3) is 0 Å². The molecule has 2 unspecified atom stereocenters. The van der Waals surface area contributed by atoms with Crippen molar-refractivity contribution in [2.24, 2.45) is 11.8 Å². The van der Waals surface area contributed by atoms with E-state index in [0.717, 1.165) is 29.0 Å². The van der Waals surface area contributed by atoms with Crippen molar-refractivity contribution in [1.82, 2.24) is 9.58 Å². The molecule has 1 aromatic carbocycles. The van der Waals surface area contributed by atoms with Crippen LogP contribution in [0.5, 0.6) is 5.75 Å². The quantitative estimate of drug-likeness (QED) is 0.582. The Bertz CT molecular complexity index is 1350. The van der Waals surface area contributed by atoms with Crippen LogP contribution in [0.3, 0.4) is 0 Å². The Morgan fingerprint density at radius 2 is 1.94 bits per heavy atom. The van der Waals surface area contributed by atoms with E-state index in [0.29, 0.717) is 10.7 Å². The number of amides is 1. The number of halogens is 4. The van der Waals surface area contributed by atoms with Gasteiger partial charge in [-0.05, 0) is 43.0 Å². The number of alkyl halides is 3. The second kappa shape index (κ2) is 8.72. The molecule has 1 aliphatic carbocycles. The van der Waals surface area contributed by atoms with Crippen molar-refractivity contribution in [2.75, 3.05) is 17.4 Å². The lowest BCUT2D eigenvalue weighted by Crippen LogP contribution is -2.61. The molecule has 190 valence electrons. The summed E-state index contributed by atoms with van der Waals surface area (Å²) in [5, 5.41) is 12.1. The van der Waals surface area contributed by atoms with Crippen LogP contribution < -0.4 is 10.4 Å². The number of hydrogen-bond acceptors (Lipinski definition) is 5. The van der Waals surface area contributed by atoms with Crippen molar-refractivity contribution >= 4 is 17.7 Å². The molecule has 1 N–H and O–H groups in total. The predicted octanol–water partition coefficient (Wildman–Crippen LogP) is 4.67. The van der Waals surface area contributed by atoms with Gasteiger partial charge in [-0.1, -0.05) is 24.3 Å². The number of thioether (sulfide) groups is 1. The maximum Gasteiger partial charge on any atom is 0.408 e. The Balaban J connectivity index is 1.75. The maximum absolute atomic E-state index is 14.3. The molecule has 0 saturated heterocycles. The third kappa shape index (κ3) is 3.89. The summed E-state index contributed by atoms with van der Waals surface area (Å²) in [7, 11) is 0. The van der Waals surface area contributed by atoms with Crippen LogP contribution in [0, 0.1) is 18.8 Å². The number of pyridine rings is 1. The van der Waals surface area contributed by atoms with E-state index < -0.39 is 47.7 Å². The molecule has 0 fully saturated rings. The van der Waals surface area contributed by atoms with Crippen LogP contribution in [0.4, 0.5) is 17.6 Å². The highest BCUT2D eigenvalue weighted by atomic mass is 32.2. The number of rotatable bonds is 2. The fourth-order valence-electron chi connectivity index (χ4n) is 5.12. The number of nitrogens with zero attached hydrogens (tertiary/aromatic N) is 3. The van der Waals surface area contributed by atoms with E-state index in [1.807, 2.05) is 25.1 Å². The second-order valence-corrected chi connectivity index (χ2v) is 10.2. The summed E-state index contributed by atoms with van der Waals surface area (Å²) in [6.45, 7) is 2.34. The molecule has 0 saturated carbocycles. The summed E-state index contributed by atoms with van der Waals surface area (Å²) < 4.78 is 56.9. The number of aromatic hydroxyl groups is 1. The molecule has 1 amide bonds. The monoisotopic (exact) mass is 521 g/mol. The summed E-state index contributed by atoms with van der Waals surface area (Å²) in [6.07, 6.45) is 1.12. The molecule has 0 radical (unpaired) electrons. The number of aromatic nitrogens is 1. The Morgan fingerprint density at radius 3 is 2.67 bits per heavy atom. The van der Waals surface area contributed by atoms with E-state index in [1.165, 1.54) is 23.0 Å². The van der Waals surface area contributed by atoms with Gasteiger partial charge in [0, 0.05) is 28.8 Å². The van der Waals surface area contributed by atoms with Crippen molar-refractivity contribution in [1.29, 1.82) is 0 Å². The van der Waals surface area contributed by atoms with Crippen LogP contribution in [-0.2, 0) is 0 Å². The van der Waals surface area contributed by atoms with E-state index in [1.54, 1.807) is 22.8 Å². The molecular formula is C25H23F4N3O3S. The molecule has 3 aliphatic rings. The Kier molecular flexibility index (Phi) is 5.93. The highest BCUT2D eigenvalue weighted by Crippen LogP contribution is 2.48. The Labute approximate surface area is 208 Å². The molecule has 3 heterocycles. The summed E-state index contributed by atoms with van der Waals surface area (Å²) in [5.41, 5.74) is 0.371. The molecule has 2 aromatic rings. The molecular weight excluding hydrogens is 498 g/mol. The molecule has 1 aromatic heterocycles. The largest absolute Gasteiger partial charge is 0.502 e. The van der Waals surface area contributed by atoms with Gasteiger partial charge < -0.3 is 10.0 Å². The van der Waals surface area contributed by atoms with Gasteiger partial charge in [-0.25, -0.2) is 4.39 Å². The van der Waals surface area contributed by atoms with E-state index in [-0.39, 0.29) is 17.7 Å². The van der Waals surface area contributed by atoms with Gasteiger partial charge in [0.15, 0.2) is 11.4 Å². The molecule has 0 bridgehead atoms. The van der Waals surface area contributed by atoms with E-state index in [9.17, 15) is 32.3 Å². The van der Waals surface area contributed by atoms with Crippen LogP contribution >= 0.6 is 11.8 Å². The maximum atomic E-state index is 14.3. The Hall–Kier alpha value is -3.21. The third-order valence-electron chi connectivity index (χ3n) is 7.04. The normalized spacial score (nSPS) is 24.4. The summed E-state index contributed by atoms with van der Waals surface area (Å²) in [6, 6.07) is 3.91. The minimum absolute atomic E-state index is 0.278. The zero-order valence-electron chi connectivity index (χ0n) is 19.4. The van der Waals surface area contributed by atoms with Gasteiger partial charge in [-0.2, -0.15) is 13.2 Å². The number of aryl methyl sites for hydroxylation is 1. The average molecular weight is 522 g/mol. The number of carbonyl (C=O) groups is 1. The Morgan fingerprint density at radius 1 is 1.19 bits per heavy atom. The molecule has 2 aliphatic heterocycles. The number of allylic oxidation sites excluding steroid dienone is 3. The van der Waals surface area contributed by atoms with Crippen molar-refractivity contribution in [2.45, 2.75) is 37.0 Å². The van der Waals surface area contributed by atoms with E-state index in [2.05, 4.69) is 0 Å².